The first-order chi connectivity index (χ1) is 13.3. The maximum absolute atomic E-state index is 13.5. The first-order valence-corrected chi connectivity index (χ1v) is 9.18. The smallest absolute Gasteiger partial charge is 0.419 e. The molecule has 2 saturated heterocycles. The number of ether oxygens (including phenoxy) is 2. The van der Waals surface area contributed by atoms with E-state index in [1.54, 1.807) is 20.8 Å². The van der Waals surface area contributed by atoms with Crippen LogP contribution < -0.4 is 10.6 Å². The zero-order valence-electron chi connectivity index (χ0n) is 16.1. The van der Waals surface area contributed by atoms with Crippen LogP contribution in [0, 0.1) is 11.7 Å². The zero-order valence-corrected chi connectivity index (χ0v) is 16.1. The lowest BCUT2D eigenvalue weighted by Crippen LogP contribution is -2.51. The van der Waals surface area contributed by atoms with Crippen LogP contribution in [0.25, 0.3) is 0 Å². The Balaban J connectivity index is 1.74. The average molecular weight is 418 g/mol. The predicted molar refractivity (Wildman–Crippen MR) is 94.6 cm³/mol. The van der Waals surface area contributed by atoms with E-state index in [2.05, 4.69) is 10.6 Å². The maximum atomic E-state index is 13.5. The lowest BCUT2D eigenvalue weighted by molar-refractivity contribution is -0.140. The van der Waals surface area contributed by atoms with Crippen molar-refractivity contribution in [3.63, 3.8) is 0 Å². The second-order valence-corrected chi connectivity index (χ2v) is 8.17. The summed E-state index contributed by atoms with van der Waals surface area (Å²) in [5.41, 5.74) is -2.40. The molecule has 0 aromatic heterocycles. The molecule has 1 aromatic carbocycles. The van der Waals surface area contributed by atoms with Crippen molar-refractivity contribution in [1.82, 2.24) is 5.32 Å². The number of anilines is 1. The van der Waals surface area contributed by atoms with E-state index in [-0.39, 0.29) is 11.8 Å². The Bertz CT molecular complexity index is 806. The van der Waals surface area contributed by atoms with Gasteiger partial charge in [-0.15, -0.1) is 0 Å². The predicted octanol–water partition coefficient (Wildman–Crippen LogP) is 3.85. The standard InChI is InChI=1S/C19H22F4N2O4/c1-18(2,3)29-17(27)25-15-13-7-6-12(28-13)14(15)16(26)24-9-4-5-11(20)10(8-9)19(21,22)23/h4-5,8,12-15H,6-7H2,1-3H3,(H,24,26)(H,25,27)/t12-,13+,14+,15-/m0/s1. The van der Waals surface area contributed by atoms with E-state index in [1.165, 1.54) is 0 Å². The van der Waals surface area contributed by atoms with Crippen LogP contribution in [0.4, 0.5) is 28.0 Å². The second-order valence-electron chi connectivity index (χ2n) is 8.17. The van der Waals surface area contributed by atoms with E-state index in [9.17, 15) is 27.2 Å². The van der Waals surface area contributed by atoms with Gasteiger partial charge in [-0.1, -0.05) is 0 Å². The third kappa shape index (κ3) is 4.80. The topological polar surface area (TPSA) is 76.7 Å². The SMILES string of the molecule is CC(C)(C)OC(=O)N[C@@H]1[C@H](C(=O)Nc2ccc(F)c(C(F)(F)F)c2)[C@@H]2CC[C@H]1O2. The number of hydrogen-bond acceptors (Lipinski definition) is 4. The molecule has 4 atom stereocenters. The Morgan fingerprint density at radius 3 is 2.41 bits per heavy atom. The summed E-state index contributed by atoms with van der Waals surface area (Å²) < 4.78 is 63.1. The number of nitrogens with one attached hydrogen (secondary N) is 2. The van der Waals surface area contributed by atoms with E-state index in [4.69, 9.17) is 9.47 Å². The summed E-state index contributed by atoms with van der Waals surface area (Å²) in [5, 5.41) is 5.02. The van der Waals surface area contributed by atoms with Crippen molar-refractivity contribution in [2.24, 2.45) is 5.92 Å². The Kier molecular flexibility index (Phi) is 5.50. The van der Waals surface area contributed by atoms with Crippen molar-refractivity contribution in [3.8, 4) is 0 Å². The minimum absolute atomic E-state index is 0.192. The first kappa shape index (κ1) is 21.4. The third-order valence-electron chi connectivity index (χ3n) is 4.80. The first-order valence-electron chi connectivity index (χ1n) is 9.18. The fraction of sp³-hybridized carbons (Fsp3) is 0.579. The Hall–Kier alpha value is -2.36. The molecule has 160 valence electrons. The van der Waals surface area contributed by atoms with Crippen LogP contribution >= 0.6 is 0 Å². The highest BCUT2D eigenvalue weighted by Crippen LogP contribution is 2.40. The number of carbonyl (C=O) groups is 2. The van der Waals surface area contributed by atoms with Gasteiger partial charge in [-0.25, -0.2) is 9.18 Å². The van der Waals surface area contributed by atoms with Gasteiger partial charge in [0.05, 0.1) is 29.7 Å². The normalized spacial score (nSPS) is 26.3. The highest BCUT2D eigenvalue weighted by molar-refractivity contribution is 5.94. The van der Waals surface area contributed by atoms with E-state index in [0.717, 1.165) is 6.07 Å². The molecule has 29 heavy (non-hydrogen) atoms. The minimum Gasteiger partial charge on any atom is -0.444 e. The summed E-state index contributed by atoms with van der Waals surface area (Å²) >= 11 is 0. The molecule has 0 spiro atoms. The van der Waals surface area contributed by atoms with Crippen molar-refractivity contribution < 1.29 is 36.6 Å². The van der Waals surface area contributed by atoms with Gasteiger partial charge < -0.3 is 20.1 Å². The maximum Gasteiger partial charge on any atom is 0.419 e. The lowest BCUT2D eigenvalue weighted by Gasteiger charge is -2.29. The van der Waals surface area contributed by atoms with Crippen LogP contribution in [-0.2, 0) is 20.4 Å². The molecule has 2 amide bonds. The summed E-state index contributed by atoms with van der Waals surface area (Å²) in [4.78, 5) is 24.9. The van der Waals surface area contributed by atoms with Crippen molar-refractivity contribution in [1.29, 1.82) is 0 Å². The van der Waals surface area contributed by atoms with Crippen LogP contribution in [0.3, 0.4) is 0 Å². The lowest BCUT2D eigenvalue weighted by atomic mass is 9.84. The Morgan fingerprint density at radius 2 is 1.79 bits per heavy atom. The minimum atomic E-state index is -4.89. The molecule has 3 rings (SSSR count). The fourth-order valence-corrected chi connectivity index (χ4v) is 3.68. The van der Waals surface area contributed by atoms with Crippen molar-refractivity contribution in [3.05, 3.63) is 29.6 Å². The number of amides is 2. The number of alkyl carbamates (subject to hydrolysis) is 1. The van der Waals surface area contributed by atoms with E-state index in [1.807, 2.05) is 0 Å². The van der Waals surface area contributed by atoms with Gasteiger partial charge in [0, 0.05) is 5.69 Å². The van der Waals surface area contributed by atoms with Crippen LogP contribution in [0.5, 0.6) is 0 Å². The molecule has 1 aromatic rings. The molecule has 2 aliphatic rings. The second kappa shape index (κ2) is 7.47. The van der Waals surface area contributed by atoms with Crippen LogP contribution in [0.1, 0.15) is 39.2 Å². The zero-order chi connectivity index (χ0) is 21.6. The molecule has 2 bridgehead atoms. The molecule has 0 radical (unpaired) electrons. The summed E-state index contributed by atoms with van der Waals surface area (Å²) in [6, 6.07) is 1.56. The number of halogens is 4. The monoisotopic (exact) mass is 418 g/mol. The van der Waals surface area contributed by atoms with Crippen LogP contribution in [-0.4, -0.2) is 35.9 Å². The quantitative estimate of drug-likeness (QED) is 0.731. The average Bonchev–Trinajstić information content (AvgIpc) is 3.15. The highest BCUT2D eigenvalue weighted by atomic mass is 19.4. The summed E-state index contributed by atoms with van der Waals surface area (Å²) in [6.45, 7) is 5.09. The third-order valence-corrected chi connectivity index (χ3v) is 4.80. The number of fused-ring (bicyclic) bond motifs is 2. The van der Waals surface area contributed by atoms with Crippen LogP contribution in [0.2, 0.25) is 0 Å². The van der Waals surface area contributed by atoms with Crippen molar-refractivity contribution in [2.75, 3.05) is 5.32 Å². The molecular formula is C19H22F4N2O4. The van der Waals surface area contributed by atoms with Gasteiger partial charge in [-0.2, -0.15) is 13.2 Å². The number of hydrogen-bond donors (Lipinski definition) is 2. The van der Waals surface area contributed by atoms with Crippen LogP contribution in [0.15, 0.2) is 18.2 Å². The van der Waals surface area contributed by atoms with Gasteiger partial charge in [0.25, 0.3) is 0 Å². The summed E-state index contributed by atoms with van der Waals surface area (Å²) in [5.74, 6) is -2.85. The summed E-state index contributed by atoms with van der Waals surface area (Å²) in [7, 11) is 0. The number of carbonyl (C=O) groups excluding carboxylic acids is 2. The highest BCUT2D eigenvalue weighted by Gasteiger charge is 2.53. The number of benzene rings is 1. The molecule has 10 heteroatoms. The van der Waals surface area contributed by atoms with E-state index in [0.29, 0.717) is 25.0 Å². The Labute approximate surface area is 164 Å². The molecule has 2 heterocycles. The largest absolute Gasteiger partial charge is 0.444 e. The molecule has 2 N–H and O–H groups in total. The molecule has 2 fully saturated rings. The molecular weight excluding hydrogens is 396 g/mol. The molecule has 0 aliphatic carbocycles. The summed E-state index contributed by atoms with van der Waals surface area (Å²) in [6.07, 6.45) is -5.22. The number of alkyl halides is 3. The van der Waals surface area contributed by atoms with Crippen molar-refractivity contribution in [2.45, 2.75) is 63.6 Å². The van der Waals surface area contributed by atoms with Crippen molar-refractivity contribution >= 4 is 17.7 Å². The Morgan fingerprint density at radius 1 is 1.14 bits per heavy atom. The van der Waals surface area contributed by atoms with Gasteiger partial charge >= 0.3 is 12.3 Å². The molecule has 2 aliphatic heterocycles. The number of rotatable bonds is 3. The fourth-order valence-electron chi connectivity index (χ4n) is 3.68. The van der Waals surface area contributed by atoms with E-state index >= 15 is 0 Å². The molecule has 0 unspecified atom stereocenters. The molecule has 0 saturated carbocycles. The van der Waals surface area contributed by atoms with Gasteiger partial charge in [0.2, 0.25) is 5.91 Å². The van der Waals surface area contributed by atoms with Gasteiger partial charge in [0.1, 0.15) is 11.4 Å². The van der Waals surface area contributed by atoms with Gasteiger partial charge in [-0.3, -0.25) is 4.79 Å². The van der Waals surface area contributed by atoms with Gasteiger partial charge in [0.15, 0.2) is 0 Å². The molecule has 6 nitrogen and oxygen atoms in total. The van der Waals surface area contributed by atoms with Gasteiger partial charge in [-0.05, 0) is 51.8 Å². The van der Waals surface area contributed by atoms with E-state index < -0.39 is 53.2 Å².